The van der Waals surface area contributed by atoms with Gasteiger partial charge in [0.2, 0.25) is 26.6 Å². The minimum Gasteiger partial charge on any atom is -0.419 e. The van der Waals surface area contributed by atoms with Crippen LogP contribution in [0, 0.1) is 0 Å². The van der Waals surface area contributed by atoms with Crippen LogP contribution in [0.3, 0.4) is 0 Å². The smallest absolute Gasteiger partial charge is 0.236 e. The van der Waals surface area contributed by atoms with E-state index in [9.17, 15) is 8.42 Å². The fourth-order valence-electron chi connectivity index (χ4n) is 4.20. The van der Waals surface area contributed by atoms with Crippen LogP contribution >= 0.6 is 0 Å². The molecule has 0 amide bonds. The van der Waals surface area contributed by atoms with Gasteiger partial charge < -0.3 is 9.32 Å². The Kier molecular flexibility index (Phi) is 6.66. The van der Waals surface area contributed by atoms with E-state index in [0.717, 1.165) is 56.3 Å². The van der Waals surface area contributed by atoms with Crippen LogP contribution in [-0.2, 0) is 21.7 Å². The average Bonchev–Trinajstić information content (AvgIpc) is 3.08. The van der Waals surface area contributed by atoms with Gasteiger partial charge in [0, 0.05) is 18.7 Å². The Labute approximate surface area is 197 Å². The van der Waals surface area contributed by atoms with E-state index in [2.05, 4.69) is 49.7 Å². The molecule has 0 spiro atoms. The fraction of sp³-hybridized carbons (Fsp3) is 0.444. The third-order valence-electron chi connectivity index (χ3n) is 6.37. The number of oxazole rings is 1. The molecule has 1 aromatic heterocycles. The average molecular weight is 467 g/mol. The molecule has 5 nitrogen and oxygen atoms in total. The van der Waals surface area contributed by atoms with Crippen molar-refractivity contribution in [2.24, 2.45) is 0 Å². The van der Waals surface area contributed by atoms with Gasteiger partial charge in [-0.15, -0.1) is 0 Å². The van der Waals surface area contributed by atoms with Crippen molar-refractivity contribution in [2.45, 2.75) is 75.1 Å². The Morgan fingerprint density at radius 3 is 2.06 bits per heavy atom. The maximum atomic E-state index is 13.7. The molecule has 0 atom stereocenters. The van der Waals surface area contributed by atoms with Crippen LogP contribution in [0.1, 0.15) is 64.5 Å². The Morgan fingerprint density at radius 2 is 1.52 bits per heavy atom. The van der Waals surface area contributed by atoms with Gasteiger partial charge >= 0.3 is 0 Å². The van der Waals surface area contributed by atoms with Crippen LogP contribution in [0.5, 0.6) is 0 Å². The highest BCUT2D eigenvalue weighted by Gasteiger charge is 2.31. The quantitative estimate of drug-likeness (QED) is 0.434. The van der Waals surface area contributed by atoms with Crippen LogP contribution in [0.4, 0.5) is 5.88 Å². The summed E-state index contributed by atoms with van der Waals surface area (Å²) < 4.78 is 33.5. The van der Waals surface area contributed by atoms with Gasteiger partial charge in [-0.25, -0.2) is 8.42 Å². The lowest BCUT2D eigenvalue weighted by molar-refractivity contribution is 0.543. The predicted molar refractivity (Wildman–Crippen MR) is 133 cm³/mol. The fourth-order valence-corrected chi connectivity index (χ4v) is 5.52. The van der Waals surface area contributed by atoms with E-state index in [1.807, 2.05) is 24.3 Å². The predicted octanol–water partition coefficient (Wildman–Crippen LogP) is 6.41. The molecule has 0 bridgehead atoms. The maximum absolute atomic E-state index is 13.7. The summed E-state index contributed by atoms with van der Waals surface area (Å²) in [5.41, 5.74) is 3.11. The molecule has 0 N–H and O–H groups in total. The lowest BCUT2D eigenvalue weighted by Gasteiger charge is -2.20. The monoisotopic (exact) mass is 466 g/mol. The molecule has 4 rings (SSSR count). The summed E-state index contributed by atoms with van der Waals surface area (Å²) in [5.74, 6) is 0.713. The second kappa shape index (κ2) is 9.34. The van der Waals surface area contributed by atoms with Gasteiger partial charge in [0.1, 0.15) is 0 Å². The zero-order valence-corrected chi connectivity index (χ0v) is 20.9. The van der Waals surface area contributed by atoms with Crippen LogP contribution < -0.4 is 4.90 Å². The van der Waals surface area contributed by atoms with Crippen molar-refractivity contribution in [2.75, 3.05) is 18.0 Å². The topological polar surface area (TPSA) is 63.4 Å². The SMILES string of the molecule is CCc1ccc(S(=O)(=O)c2nc(-c3ccc(C(C)(C)C)cc3)oc2N2CCCCCC2)cc1. The highest BCUT2D eigenvalue weighted by Crippen LogP contribution is 2.36. The Balaban J connectivity index is 1.79. The Morgan fingerprint density at radius 1 is 0.909 bits per heavy atom. The molecule has 33 heavy (non-hydrogen) atoms. The van der Waals surface area contributed by atoms with Crippen LogP contribution in [0.25, 0.3) is 11.5 Å². The largest absolute Gasteiger partial charge is 0.419 e. The maximum Gasteiger partial charge on any atom is 0.236 e. The molecular formula is C27H34N2O3S. The van der Waals surface area contributed by atoms with Crippen LogP contribution in [0.2, 0.25) is 0 Å². The molecule has 2 heterocycles. The summed E-state index contributed by atoms with van der Waals surface area (Å²) in [4.78, 5) is 6.88. The minimum atomic E-state index is -3.82. The van der Waals surface area contributed by atoms with Crippen molar-refractivity contribution in [1.29, 1.82) is 0 Å². The molecule has 3 aromatic rings. The van der Waals surface area contributed by atoms with Gasteiger partial charge in [0.25, 0.3) is 0 Å². The summed E-state index contributed by atoms with van der Waals surface area (Å²) >= 11 is 0. The summed E-state index contributed by atoms with van der Waals surface area (Å²) in [7, 11) is -3.82. The zero-order valence-electron chi connectivity index (χ0n) is 20.1. The molecule has 0 aliphatic carbocycles. The molecule has 0 unspecified atom stereocenters. The molecular weight excluding hydrogens is 432 g/mol. The Bertz CT molecular complexity index is 1180. The summed E-state index contributed by atoms with van der Waals surface area (Å²) in [6.45, 7) is 10.1. The van der Waals surface area contributed by atoms with Gasteiger partial charge in [-0.05, 0) is 60.1 Å². The number of aromatic nitrogens is 1. The third-order valence-corrected chi connectivity index (χ3v) is 8.03. The number of nitrogens with zero attached hydrogens (tertiary/aromatic N) is 2. The zero-order chi connectivity index (χ0) is 23.6. The van der Waals surface area contributed by atoms with Gasteiger partial charge in [-0.3, -0.25) is 0 Å². The van der Waals surface area contributed by atoms with Crippen molar-refractivity contribution in [3.05, 3.63) is 59.7 Å². The molecule has 1 aliphatic rings. The first-order valence-electron chi connectivity index (χ1n) is 11.9. The second-order valence-corrected chi connectivity index (χ2v) is 11.7. The van der Waals surface area contributed by atoms with Crippen molar-refractivity contribution in [1.82, 2.24) is 4.98 Å². The van der Waals surface area contributed by atoms with Crippen molar-refractivity contribution < 1.29 is 12.8 Å². The van der Waals surface area contributed by atoms with Crippen LogP contribution in [0.15, 0.2) is 62.9 Å². The lowest BCUT2D eigenvalue weighted by Crippen LogP contribution is -2.25. The number of sulfone groups is 1. The molecule has 1 saturated heterocycles. The number of hydrogen-bond acceptors (Lipinski definition) is 5. The first kappa shape index (κ1) is 23.6. The van der Waals surface area contributed by atoms with Gasteiger partial charge in [0.05, 0.1) is 4.90 Å². The van der Waals surface area contributed by atoms with E-state index in [0.29, 0.717) is 11.8 Å². The molecule has 1 aliphatic heterocycles. The van der Waals surface area contributed by atoms with Crippen molar-refractivity contribution in [3.63, 3.8) is 0 Å². The normalized spacial score (nSPS) is 15.5. The van der Waals surface area contributed by atoms with E-state index in [1.165, 1.54) is 5.56 Å². The number of benzene rings is 2. The molecule has 2 aromatic carbocycles. The first-order chi connectivity index (χ1) is 15.7. The number of anilines is 1. The Hall–Kier alpha value is -2.60. The number of aryl methyl sites for hydroxylation is 1. The van der Waals surface area contributed by atoms with Gasteiger partial charge in [0.15, 0.2) is 0 Å². The molecule has 176 valence electrons. The summed E-state index contributed by atoms with van der Waals surface area (Å²) in [6, 6.07) is 15.1. The molecule has 0 saturated carbocycles. The molecule has 0 radical (unpaired) electrons. The standard InChI is InChI=1S/C27H34N2O3S/c1-5-20-10-16-23(17-11-20)33(30,31)25-26(29-18-8-6-7-9-19-29)32-24(28-25)21-12-14-22(15-13-21)27(2,3)4/h10-17H,5-9,18-19H2,1-4H3. The molecule has 1 fully saturated rings. The van der Waals surface area contributed by atoms with Crippen LogP contribution in [-0.4, -0.2) is 26.5 Å². The summed E-state index contributed by atoms with van der Waals surface area (Å²) in [5, 5.41) is 0.0172. The van der Waals surface area contributed by atoms with E-state index in [1.54, 1.807) is 12.1 Å². The van der Waals surface area contributed by atoms with Crippen molar-refractivity contribution >= 4 is 15.7 Å². The number of rotatable bonds is 5. The highest BCUT2D eigenvalue weighted by molar-refractivity contribution is 7.91. The minimum absolute atomic E-state index is 0.0172. The van der Waals surface area contributed by atoms with Crippen molar-refractivity contribution in [3.8, 4) is 11.5 Å². The van der Waals surface area contributed by atoms with E-state index < -0.39 is 9.84 Å². The second-order valence-electron chi connectivity index (χ2n) is 9.86. The van der Waals surface area contributed by atoms with Gasteiger partial charge in [-0.1, -0.05) is 64.8 Å². The van der Waals surface area contributed by atoms with E-state index in [-0.39, 0.29) is 15.3 Å². The van der Waals surface area contributed by atoms with E-state index in [4.69, 9.17) is 4.42 Å². The first-order valence-corrected chi connectivity index (χ1v) is 13.4. The summed E-state index contributed by atoms with van der Waals surface area (Å²) in [6.07, 6.45) is 5.18. The molecule has 6 heteroatoms. The van der Waals surface area contributed by atoms with Gasteiger partial charge in [-0.2, -0.15) is 4.98 Å². The third kappa shape index (κ3) is 5.01. The lowest BCUT2D eigenvalue weighted by atomic mass is 9.87. The van der Waals surface area contributed by atoms with E-state index >= 15 is 0 Å². The highest BCUT2D eigenvalue weighted by atomic mass is 32.2. The number of hydrogen-bond donors (Lipinski definition) is 0.